The molecule has 4 heteroatoms. The summed E-state index contributed by atoms with van der Waals surface area (Å²) in [5, 5.41) is 0. The summed E-state index contributed by atoms with van der Waals surface area (Å²) in [6.45, 7) is 2.03. The molecular weight excluding hydrogens is 318 g/mol. The first-order valence-corrected chi connectivity index (χ1v) is 8.36. The van der Waals surface area contributed by atoms with Gasteiger partial charge >= 0.3 is 6.09 Å². The van der Waals surface area contributed by atoms with Gasteiger partial charge in [0.1, 0.15) is 5.75 Å². The fourth-order valence-electron chi connectivity index (χ4n) is 2.09. The topological polar surface area (TPSA) is 29.5 Å². The molecule has 0 bridgehead atoms. The monoisotopic (exact) mass is 335 g/mol. The maximum Gasteiger partial charge on any atom is 0.430 e. The van der Waals surface area contributed by atoms with Gasteiger partial charge in [-0.2, -0.15) is 0 Å². The van der Waals surface area contributed by atoms with Crippen LogP contribution in [0.4, 0.5) is 10.5 Å². The van der Waals surface area contributed by atoms with E-state index in [9.17, 15) is 4.79 Å². The van der Waals surface area contributed by atoms with Crippen molar-refractivity contribution in [2.24, 2.45) is 0 Å². The molecule has 3 nitrogen and oxygen atoms in total. The zero-order valence-corrected chi connectivity index (χ0v) is 14.1. The third-order valence-electron chi connectivity index (χ3n) is 3.32. The Balaban J connectivity index is 1.84. The highest BCUT2D eigenvalue weighted by Gasteiger charge is 2.19. The summed E-state index contributed by atoms with van der Waals surface area (Å²) in [4.78, 5) is 13.6. The van der Waals surface area contributed by atoms with Gasteiger partial charge in [0.25, 0.3) is 0 Å². The summed E-state index contributed by atoms with van der Waals surface area (Å²) in [5.74, 6) is 0.521. The van der Waals surface area contributed by atoms with Gasteiger partial charge in [0, 0.05) is 4.90 Å². The third-order valence-corrected chi connectivity index (χ3v) is 4.35. The van der Waals surface area contributed by atoms with E-state index in [1.807, 2.05) is 79.7 Å². The number of aryl methyl sites for hydroxylation is 1. The van der Waals surface area contributed by atoms with Crippen molar-refractivity contribution in [3.63, 3.8) is 0 Å². The molecule has 0 saturated heterocycles. The highest BCUT2D eigenvalue weighted by atomic mass is 32.2. The Morgan fingerprint density at radius 2 is 1.42 bits per heavy atom. The first kappa shape index (κ1) is 16.1. The van der Waals surface area contributed by atoms with Gasteiger partial charge in [0.2, 0.25) is 0 Å². The van der Waals surface area contributed by atoms with E-state index in [4.69, 9.17) is 4.74 Å². The molecule has 24 heavy (non-hydrogen) atoms. The lowest BCUT2D eigenvalue weighted by atomic mass is 10.2. The smallest absolute Gasteiger partial charge is 0.409 e. The minimum Gasteiger partial charge on any atom is -0.409 e. The molecule has 1 amide bonds. The Hall–Kier alpha value is -2.72. The van der Waals surface area contributed by atoms with Crippen molar-refractivity contribution in [3.8, 4) is 5.75 Å². The molecule has 0 fully saturated rings. The highest BCUT2D eigenvalue weighted by molar-refractivity contribution is 8.01. The summed E-state index contributed by atoms with van der Waals surface area (Å²) in [7, 11) is 0. The number of hydrogen-bond donors (Lipinski definition) is 0. The lowest BCUT2D eigenvalue weighted by Crippen LogP contribution is -2.27. The van der Waals surface area contributed by atoms with Crippen molar-refractivity contribution >= 4 is 23.7 Å². The van der Waals surface area contributed by atoms with Gasteiger partial charge in [-0.05, 0) is 55.3 Å². The number of carbonyl (C=O) groups is 1. The number of amides is 1. The SMILES string of the molecule is Cc1ccc(SN(C(=O)Oc2ccccc2)c2ccccc2)cc1. The maximum absolute atomic E-state index is 12.7. The van der Waals surface area contributed by atoms with E-state index in [-0.39, 0.29) is 0 Å². The molecule has 0 heterocycles. The van der Waals surface area contributed by atoms with E-state index in [1.165, 1.54) is 17.5 Å². The van der Waals surface area contributed by atoms with Crippen molar-refractivity contribution in [1.29, 1.82) is 0 Å². The third kappa shape index (κ3) is 4.18. The molecule has 0 N–H and O–H groups in total. The molecule has 0 spiro atoms. The van der Waals surface area contributed by atoms with Gasteiger partial charge in [-0.1, -0.05) is 54.1 Å². The van der Waals surface area contributed by atoms with Gasteiger partial charge in [-0.15, -0.1) is 0 Å². The van der Waals surface area contributed by atoms with Crippen LogP contribution < -0.4 is 9.04 Å². The standard InChI is InChI=1S/C20H17NO2S/c1-16-12-14-19(15-13-16)24-21(17-8-4-2-5-9-17)20(22)23-18-10-6-3-7-11-18/h2-15H,1H3. The lowest BCUT2D eigenvalue weighted by molar-refractivity contribution is 0.212. The molecule has 0 atom stereocenters. The molecule has 3 aromatic carbocycles. The van der Waals surface area contributed by atoms with Crippen LogP contribution in [0.1, 0.15) is 5.56 Å². The van der Waals surface area contributed by atoms with E-state index in [1.54, 1.807) is 16.4 Å². The van der Waals surface area contributed by atoms with E-state index in [2.05, 4.69) is 0 Å². The Bertz CT molecular complexity index is 789. The van der Waals surface area contributed by atoms with Crippen molar-refractivity contribution in [3.05, 3.63) is 90.5 Å². The molecule has 0 aliphatic carbocycles. The molecule has 0 aliphatic heterocycles. The number of para-hydroxylation sites is 2. The van der Waals surface area contributed by atoms with Crippen LogP contribution >= 0.6 is 11.9 Å². The summed E-state index contributed by atoms with van der Waals surface area (Å²) in [6.07, 6.45) is -0.432. The van der Waals surface area contributed by atoms with Crippen molar-refractivity contribution < 1.29 is 9.53 Å². The molecule has 0 radical (unpaired) electrons. The van der Waals surface area contributed by atoms with Crippen molar-refractivity contribution in [1.82, 2.24) is 0 Å². The molecule has 120 valence electrons. The van der Waals surface area contributed by atoms with E-state index in [0.29, 0.717) is 5.75 Å². The highest BCUT2D eigenvalue weighted by Crippen LogP contribution is 2.30. The van der Waals surface area contributed by atoms with Crippen LogP contribution in [-0.4, -0.2) is 6.09 Å². The normalized spacial score (nSPS) is 10.2. The summed E-state index contributed by atoms with van der Waals surface area (Å²) in [5.41, 5.74) is 1.95. The molecular formula is C20H17NO2S. The lowest BCUT2D eigenvalue weighted by Gasteiger charge is -2.20. The minimum absolute atomic E-state index is 0.432. The van der Waals surface area contributed by atoms with Crippen LogP contribution in [0, 0.1) is 6.92 Å². The molecule has 3 aromatic rings. The summed E-state index contributed by atoms with van der Waals surface area (Å²) < 4.78 is 7.05. The molecule has 0 aliphatic rings. The second kappa shape index (κ2) is 7.70. The molecule has 0 saturated carbocycles. The van der Waals surface area contributed by atoms with E-state index >= 15 is 0 Å². The van der Waals surface area contributed by atoms with E-state index < -0.39 is 6.09 Å². The first-order valence-electron chi connectivity index (χ1n) is 7.59. The number of anilines is 1. The average Bonchev–Trinajstić information content (AvgIpc) is 2.63. The van der Waals surface area contributed by atoms with Gasteiger partial charge in [0.05, 0.1) is 5.69 Å². The van der Waals surface area contributed by atoms with Crippen LogP contribution in [-0.2, 0) is 0 Å². The number of ether oxygens (including phenoxy) is 1. The molecule has 0 aromatic heterocycles. The Morgan fingerprint density at radius 3 is 2.04 bits per heavy atom. The van der Waals surface area contributed by atoms with Gasteiger partial charge < -0.3 is 4.74 Å². The first-order chi connectivity index (χ1) is 11.7. The van der Waals surface area contributed by atoms with Crippen molar-refractivity contribution in [2.75, 3.05) is 4.31 Å². The number of carbonyl (C=O) groups excluding carboxylic acids is 1. The van der Waals surface area contributed by atoms with Gasteiger partial charge in [0.15, 0.2) is 0 Å². The summed E-state index contributed by atoms with van der Waals surface area (Å²) >= 11 is 1.34. The van der Waals surface area contributed by atoms with Gasteiger partial charge in [-0.3, -0.25) is 0 Å². The largest absolute Gasteiger partial charge is 0.430 e. The number of rotatable bonds is 4. The van der Waals surface area contributed by atoms with Crippen molar-refractivity contribution in [2.45, 2.75) is 11.8 Å². The van der Waals surface area contributed by atoms with Crippen LogP contribution in [0.2, 0.25) is 0 Å². The second-order valence-electron chi connectivity index (χ2n) is 5.22. The maximum atomic E-state index is 12.7. The second-order valence-corrected chi connectivity index (χ2v) is 6.23. The number of nitrogens with zero attached hydrogens (tertiary/aromatic N) is 1. The van der Waals surface area contributed by atoms with Crippen LogP contribution in [0.15, 0.2) is 89.8 Å². The fraction of sp³-hybridized carbons (Fsp3) is 0.0500. The zero-order valence-electron chi connectivity index (χ0n) is 13.3. The predicted octanol–water partition coefficient (Wildman–Crippen LogP) is 5.71. The van der Waals surface area contributed by atoms with Crippen LogP contribution in [0.25, 0.3) is 0 Å². The fourth-order valence-corrected chi connectivity index (χ4v) is 2.90. The Morgan fingerprint density at radius 1 is 0.833 bits per heavy atom. The molecule has 0 unspecified atom stereocenters. The quantitative estimate of drug-likeness (QED) is 0.572. The Kier molecular flexibility index (Phi) is 5.18. The minimum atomic E-state index is -0.432. The zero-order chi connectivity index (χ0) is 16.8. The Labute approximate surface area is 146 Å². The van der Waals surface area contributed by atoms with Crippen LogP contribution in [0.3, 0.4) is 0 Å². The number of hydrogen-bond acceptors (Lipinski definition) is 3. The average molecular weight is 335 g/mol. The molecule has 3 rings (SSSR count). The summed E-state index contributed by atoms with van der Waals surface area (Å²) in [6, 6.07) is 26.6. The van der Waals surface area contributed by atoms with Crippen LogP contribution in [0.5, 0.6) is 5.75 Å². The van der Waals surface area contributed by atoms with E-state index in [0.717, 1.165) is 10.6 Å². The van der Waals surface area contributed by atoms with Gasteiger partial charge in [-0.25, -0.2) is 9.10 Å². The predicted molar refractivity (Wildman–Crippen MR) is 98.4 cm³/mol. The number of benzene rings is 3.